The lowest BCUT2D eigenvalue weighted by Gasteiger charge is -2.27. The Hall–Kier alpha value is -7.10. The lowest BCUT2D eigenvalue weighted by molar-refractivity contribution is -0.144. The molecule has 1 aromatic carbocycles. The number of guanidine groups is 1. The average Bonchev–Trinajstić information content (AvgIpc) is 3.30. The number of ether oxygens (including phenoxy) is 1. The van der Waals surface area contributed by atoms with Gasteiger partial charge in [0.1, 0.15) is 29.9 Å². The van der Waals surface area contributed by atoms with Crippen LogP contribution in [0.15, 0.2) is 71.4 Å². The molecule has 0 radical (unpaired) electrons. The van der Waals surface area contributed by atoms with E-state index in [0.29, 0.717) is 18.4 Å². The van der Waals surface area contributed by atoms with Crippen molar-refractivity contribution < 1.29 is 58.1 Å². The van der Waals surface area contributed by atoms with Gasteiger partial charge in [-0.1, -0.05) is 88.4 Å². The number of allylic oxidation sites excluding steroid dienone is 2. The first kappa shape index (κ1) is 59.0. The summed E-state index contributed by atoms with van der Waals surface area (Å²) in [4.78, 5) is 124. The molecule has 1 saturated heterocycles. The van der Waals surface area contributed by atoms with Crippen molar-refractivity contribution in [1.82, 2.24) is 36.8 Å². The molecule has 0 bridgehead atoms. The van der Waals surface area contributed by atoms with Crippen LogP contribution in [0.1, 0.15) is 85.1 Å². The van der Waals surface area contributed by atoms with Crippen LogP contribution >= 0.6 is 0 Å². The average molecular weight is 981 g/mol. The van der Waals surface area contributed by atoms with E-state index in [1.165, 1.54) is 20.0 Å². The quantitative estimate of drug-likeness (QED) is 0.0352. The summed E-state index contributed by atoms with van der Waals surface area (Å²) < 4.78 is 5.81. The minimum atomic E-state index is -1.83. The number of hydrogen-bond donors (Lipinski definition) is 10. The predicted octanol–water partition coefficient (Wildman–Crippen LogP) is 0.374. The topological polar surface area (TPSA) is 343 Å². The van der Waals surface area contributed by atoms with Crippen molar-refractivity contribution in [3.63, 3.8) is 0 Å². The molecule has 0 unspecified atom stereocenters. The number of nitrogens with one attached hydrogen (secondary N) is 6. The van der Waals surface area contributed by atoms with Crippen molar-refractivity contribution in [2.45, 2.75) is 122 Å². The van der Waals surface area contributed by atoms with E-state index >= 15 is 0 Å². The number of benzene rings is 1. The van der Waals surface area contributed by atoms with E-state index in [4.69, 9.17) is 16.2 Å². The molecular formula is C48H72N10O12. The number of amides is 7. The van der Waals surface area contributed by atoms with Crippen molar-refractivity contribution in [2.75, 3.05) is 27.2 Å². The van der Waals surface area contributed by atoms with Gasteiger partial charge in [0, 0.05) is 33.0 Å². The molecule has 2 rings (SSSR count). The van der Waals surface area contributed by atoms with Gasteiger partial charge >= 0.3 is 11.9 Å². The fraction of sp³-hybridized carbons (Fsp3) is 0.542. The fourth-order valence-corrected chi connectivity index (χ4v) is 7.29. The number of likely N-dealkylation sites (N-methyl/N-ethyl adjacent to an activating group) is 1. The summed E-state index contributed by atoms with van der Waals surface area (Å²) >= 11 is 0. The van der Waals surface area contributed by atoms with E-state index in [9.17, 15) is 53.4 Å². The minimum absolute atomic E-state index is 0.0229. The van der Waals surface area contributed by atoms with Gasteiger partial charge in [0.2, 0.25) is 35.4 Å². The second-order valence-electron chi connectivity index (χ2n) is 17.7. The molecule has 22 nitrogen and oxygen atoms in total. The molecule has 8 atom stereocenters. The summed E-state index contributed by atoms with van der Waals surface area (Å²) in [7, 11) is 2.82. The molecule has 1 aliphatic heterocycles. The third-order valence-electron chi connectivity index (χ3n) is 11.4. The van der Waals surface area contributed by atoms with E-state index in [0.717, 1.165) is 10.5 Å². The number of carbonyl (C=O) groups is 9. The maximum Gasteiger partial charge on any atom is 0.326 e. The Morgan fingerprint density at radius 1 is 0.886 bits per heavy atom. The van der Waals surface area contributed by atoms with Crippen LogP contribution in [-0.4, -0.2) is 138 Å². The van der Waals surface area contributed by atoms with Crippen LogP contribution in [0.4, 0.5) is 0 Å². The SMILES string of the molecule is C=C1C(=O)NCC(=O)N[C@@H](CC(C)C)C(=O)N[C@@H](C(=O)O)CC(=O)N[C@@H](CCCCN=C(N)N)C(=O)N[C@@H](/C=C/C(C)=C/[C@H](C)[C@H](Cc2ccccc2)OC)[C@H](C)C(=O)N[C@@H](C(=O)O)CCC(=O)N1C. The fourth-order valence-electron chi connectivity index (χ4n) is 7.29. The summed E-state index contributed by atoms with van der Waals surface area (Å²) in [6.45, 7) is 11.8. The van der Waals surface area contributed by atoms with Gasteiger partial charge in [-0.25, -0.2) is 9.59 Å². The monoisotopic (exact) mass is 981 g/mol. The lowest BCUT2D eigenvalue weighted by Crippen LogP contribution is -2.56. The predicted molar refractivity (Wildman–Crippen MR) is 260 cm³/mol. The number of carboxylic acids is 2. The minimum Gasteiger partial charge on any atom is -0.480 e. The number of rotatable bonds is 16. The third kappa shape index (κ3) is 21.0. The molecule has 0 aliphatic carbocycles. The molecule has 1 heterocycles. The van der Waals surface area contributed by atoms with Gasteiger partial charge in [-0.3, -0.25) is 38.6 Å². The molecule has 1 fully saturated rings. The maximum atomic E-state index is 14.3. The number of hydrogen-bond acceptors (Lipinski definition) is 11. The van der Waals surface area contributed by atoms with Crippen molar-refractivity contribution in [2.24, 2.45) is 34.2 Å². The van der Waals surface area contributed by atoms with Gasteiger partial charge in [0.25, 0.3) is 5.91 Å². The van der Waals surface area contributed by atoms with E-state index in [1.807, 2.05) is 43.3 Å². The first-order valence-corrected chi connectivity index (χ1v) is 23.1. The number of unbranched alkanes of at least 4 members (excludes halogenated alkanes) is 1. The third-order valence-corrected chi connectivity index (χ3v) is 11.4. The van der Waals surface area contributed by atoms with Crippen molar-refractivity contribution in [1.29, 1.82) is 0 Å². The number of aliphatic imine (C=N–C) groups is 1. The highest BCUT2D eigenvalue weighted by molar-refractivity contribution is 5.99. The van der Waals surface area contributed by atoms with Crippen molar-refractivity contribution >= 4 is 59.2 Å². The second-order valence-corrected chi connectivity index (χ2v) is 17.7. The Morgan fingerprint density at radius 2 is 1.50 bits per heavy atom. The molecule has 0 spiro atoms. The molecule has 0 saturated carbocycles. The van der Waals surface area contributed by atoms with Crippen LogP contribution in [0.25, 0.3) is 0 Å². The van der Waals surface area contributed by atoms with E-state index in [2.05, 4.69) is 43.5 Å². The summed E-state index contributed by atoms with van der Waals surface area (Å²) in [5, 5.41) is 35.1. The molecular weight excluding hydrogens is 909 g/mol. The van der Waals surface area contributed by atoms with Crippen LogP contribution in [0.2, 0.25) is 0 Å². The zero-order chi connectivity index (χ0) is 52.7. The highest BCUT2D eigenvalue weighted by Crippen LogP contribution is 2.19. The molecule has 0 aromatic heterocycles. The highest BCUT2D eigenvalue weighted by Gasteiger charge is 2.34. The second kappa shape index (κ2) is 29.7. The Morgan fingerprint density at radius 3 is 2.10 bits per heavy atom. The number of nitrogens with two attached hydrogens (primary N) is 2. The van der Waals surface area contributed by atoms with Crippen LogP contribution in [0.3, 0.4) is 0 Å². The zero-order valence-electron chi connectivity index (χ0n) is 41.1. The summed E-state index contributed by atoms with van der Waals surface area (Å²) in [5.74, 6) is -10.8. The summed E-state index contributed by atoms with van der Waals surface area (Å²) in [6, 6.07) is 2.51. The summed E-state index contributed by atoms with van der Waals surface area (Å²) in [5.41, 5.74) is 12.3. The van der Waals surface area contributed by atoms with Gasteiger partial charge < -0.3 is 63.2 Å². The Balaban J connectivity index is 2.66. The molecule has 386 valence electrons. The first-order valence-electron chi connectivity index (χ1n) is 23.1. The Bertz CT molecular complexity index is 2110. The van der Waals surface area contributed by atoms with Gasteiger partial charge in [-0.2, -0.15) is 0 Å². The van der Waals surface area contributed by atoms with E-state index < -0.39 is 121 Å². The number of carbonyl (C=O) groups excluding carboxylic acids is 7. The number of nitrogens with zero attached hydrogens (tertiary/aromatic N) is 2. The van der Waals surface area contributed by atoms with Crippen LogP contribution < -0.4 is 43.4 Å². The highest BCUT2D eigenvalue weighted by atomic mass is 16.5. The number of carboxylic acid groups (broad SMARTS) is 2. The molecule has 1 aromatic rings. The first-order chi connectivity index (χ1) is 32.9. The summed E-state index contributed by atoms with van der Waals surface area (Å²) in [6.07, 6.45) is 4.45. The van der Waals surface area contributed by atoms with Gasteiger partial charge in [-0.05, 0) is 56.9 Å². The molecule has 7 amide bonds. The Kier molecular flexibility index (Phi) is 25.1. The standard InChI is InChI=1S/C48H72N10O12/c1-27(2)22-36-45(65)57-37(47(68)69)25-39(59)53-34(16-12-13-21-51-48(49)50)44(64)55-33(18-17-28(3)23-29(4)38(70-8)24-32-14-10-9-11-15-32)30(5)42(62)56-35(46(66)67)19-20-41(61)58(7)31(6)43(63)52-26-40(60)54-36/h9-11,14-15,17-18,23,27,29-30,33-38H,6,12-13,16,19-22,24-26H2,1-5,7-8H3,(H,52,63)(H,53,59)(H,54,60)(H,55,64)(H,56,62)(H,57,65)(H,66,67)(H,68,69)(H4,49,50,51)/b18-17+,28-23+/t29-,30-,33-,34-,35+,36-,37+,38-/m0/s1. The van der Waals surface area contributed by atoms with Crippen molar-refractivity contribution in [3.8, 4) is 0 Å². The number of aliphatic carboxylic acids is 2. The largest absolute Gasteiger partial charge is 0.480 e. The van der Waals surface area contributed by atoms with Crippen LogP contribution in [-0.2, 0) is 54.3 Å². The van der Waals surface area contributed by atoms with Crippen LogP contribution in [0, 0.1) is 17.8 Å². The zero-order valence-corrected chi connectivity index (χ0v) is 41.1. The normalized spacial score (nSPS) is 23.4. The van der Waals surface area contributed by atoms with E-state index in [1.54, 1.807) is 34.0 Å². The smallest absolute Gasteiger partial charge is 0.326 e. The Labute approximate surface area is 408 Å². The van der Waals surface area contributed by atoms with Gasteiger partial charge in [-0.15, -0.1) is 0 Å². The van der Waals surface area contributed by atoms with Gasteiger partial charge in [0.15, 0.2) is 5.96 Å². The van der Waals surface area contributed by atoms with Crippen LogP contribution in [0.5, 0.6) is 0 Å². The molecule has 70 heavy (non-hydrogen) atoms. The molecule has 12 N–H and O–H groups in total. The van der Waals surface area contributed by atoms with Gasteiger partial charge in [0.05, 0.1) is 31.0 Å². The lowest BCUT2D eigenvalue weighted by atomic mass is 9.94. The van der Waals surface area contributed by atoms with E-state index in [-0.39, 0.29) is 49.7 Å². The van der Waals surface area contributed by atoms with Crippen molar-refractivity contribution in [3.05, 3.63) is 72.0 Å². The molecule has 1 aliphatic rings. The number of methoxy groups -OCH3 is 1. The molecule has 22 heteroatoms. The maximum absolute atomic E-state index is 14.3.